The number of fused-ring (bicyclic) bond motifs is 1. The molecule has 168 valence electrons. The van der Waals surface area contributed by atoms with Crippen molar-refractivity contribution in [3.05, 3.63) is 72.2 Å². The van der Waals surface area contributed by atoms with Gasteiger partial charge in [-0.2, -0.15) is 5.10 Å². The van der Waals surface area contributed by atoms with Crippen LogP contribution in [-0.4, -0.2) is 33.1 Å². The van der Waals surface area contributed by atoms with E-state index < -0.39 is 0 Å². The molecule has 2 aromatic carbocycles. The van der Waals surface area contributed by atoms with E-state index in [0.717, 1.165) is 23.2 Å². The molecular formula is C24H25N7O2. The fourth-order valence-corrected chi connectivity index (χ4v) is 3.64. The van der Waals surface area contributed by atoms with Crippen LogP contribution in [0, 0.1) is 0 Å². The van der Waals surface area contributed by atoms with Crippen molar-refractivity contribution >= 4 is 34.6 Å². The van der Waals surface area contributed by atoms with E-state index in [4.69, 9.17) is 5.73 Å². The van der Waals surface area contributed by atoms with Crippen LogP contribution in [0.5, 0.6) is 0 Å². The first-order valence-corrected chi connectivity index (χ1v) is 10.7. The molecule has 0 aliphatic heterocycles. The molecule has 2 heterocycles. The summed E-state index contributed by atoms with van der Waals surface area (Å²) in [5, 5.41) is 12.7. The van der Waals surface area contributed by atoms with Gasteiger partial charge < -0.3 is 21.7 Å². The number of nitrogens with two attached hydrogens (primary N) is 1. The van der Waals surface area contributed by atoms with Gasteiger partial charge in [0.25, 0.3) is 5.91 Å². The average molecular weight is 444 g/mol. The average Bonchev–Trinajstić information content (AvgIpc) is 3.21. The molecule has 9 heteroatoms. The van der Waals surface area contributed by atoms with E-state index in [2.05, 4.69) is 33.0 Å². The molecule has 0 fully saturated rings. The largest absolute Gasteiger partial charge is 0.382 e. The summed E-state index contributed by atoms with van der Waals surface area (Å²) in [6.07, 6.45) is 3.87. The number of nitrogens with zero attached hydrogens (tertiary/aromatic N) is 3. The quantitative estimate of drug-likeness (QED) is 0.359. The molecule has 0 aliphatic rings. The van der Waals surface area contributed by atoms with E-state index in [-0.39, 0.29) is 17.8 Å². The molecule has 0 radical (unpaired) electrons. The highest BCUT2D eigenvalue weighted by Crippen LogP contribution is 2.33. The van der Waals surface area contributed by atoms with Crippen LogP contribution in [0.3, 0.4) is 0 Å². The van der Waals surface area contributed by atoms with E-state index in [1.807, 2.05) is 43.3 Å². The highest BCUT2D eigenvalue weighted by Gasteiger charge is 2.21. The number of carbonyl (C=O) groups is 2. The molecule has 0 spiro atoms. The molecule has 4 aromatic rings. The predicted molar refractivity (Wildman–Crippen MR) is 129 cm³/mol. The maximum Gasteiger partial charge on any atom is 0.323 e. The third-order valence-electron chi connectivity index (χ3n) is 5.21. The summed E-state index contributed by atoms with van der Waals surface area (Å²) < 4.78 is 1.55. The first-order chi connectivity index (χ1) is 16.0. The number of aromatic nitrogens is 3. The van der Waals surface area contributed by atoms with Crippen LogP contribution in [-0.2, 0) is 6.42 Å². The van der Waals surface area contributed by atoms with Crippen LogP contribution >= 0.6 is 0 Å². The number of amides is 3. The molecule has 0 unspecified atom stereocenters. The zero-order chi connectivity index (χ0) is 23.4. The second kappa shape index (κ2) is 9.39. The summed E-state index contributed by atoms with van der Waals surface area (Å²) in [5.41, 5.74) is 11.0. The zero-order valence-electron chi connectivity index (χ0n) is 18.4. The summed E-state index contributed by atoms with van der Waals surface area (Å²) >= 11 is 0. The zero-order valence-corrected chi connectivity index (χ0v) is 18.4. The number of anilines is 3. The standard InChI is InChI=1S/C24H25N7O2/c1-3-15-6-5-7-18(12-15)30-24(33)29-17-10-8-16(9-11-17)20-19(23(32)26-4-2)13-31-21(20)22(25)27-14-28-31/h5-14H,3-4H2,1-2H3,(H,26,32)(H2,25,27,28)(H2,29,30,33). The van der Waals surface area contributed by atoms with Crippen molar-refractivity contribution in [3.63, 3.8) is 0 Å². The van der Waals surface area contributed by atoms with Gasteiger partial charge in [0.2, 0.25) is 0 Å². The van der Waals surface area contributed by atoms with Crippen LogP contribution < -0.4 is 21.7 Å². The molecule has 0 bridgehead atoms. The van der Waals surface area contributed by atoms with Gasteiger partial charge in [0.05, 0.1) is 5.56 Å². The molecule has 9 nitrogen and oxygen atoms in total. The van der Waals surface area contributed by atoms with Crippen molar-refractivity contribution in [1.29, 1.82) is 0 Å². The SMILES string of the molecule is CCNC(=O)c1cn2ncnc(N)c2c1-c1ccc(NC(=O)Nc2cccc(CC)c2)cc1. The fourth-order valence-electron chi connectivity index (χ4n) is 3.64. The number of nitrogens with one attached hydrogen (secondary N) is 3. The highest BCUT2D eigenvalue weighted by molar-refractivity contribution is 6.07. The number of aryl methyl sites for hydroxylation is 1. The third kappa shape index (κ3) is 4.62. The minimum atomic E-state index is -0.342. The summed E-state index contributed by atoms with van der Waals surface area (Å²) in [7, 11) is 0. The Balaban J connectivity index is 1.60. The summed E-state index contributed by atoms with van der Waals surface area (Å²) in [5.74, 6) is 0.0414. The number of hydrogen-bond acceptors (Lipinski definition) is 5. The molecule has 4 rings (SSSR count). The normalized spacial score (nSPS) is 10.7. The van der Waals surface area contributed by atoms with E-state index in [0.29, 0.717) is 28.9 Å². The highest BCUT2D eigenvalue weighted by atomic mass is 16.2. The van der Waals surface area contributed by atoms with Gasteiger partial charge in [0.1, 0.15) is 11.8 Å². The van der Waals surface area contributed by atoms with Gasteiger partial charge in [-0.25, -0.2) is 14.3 Å². The summed E-state index contributed by atoms with van der Waals surface area (Å²) in [6, 6.07) is 14.5. The second-order valence-corrected chi connectivity index (χ2v) is 7.43. The Kier molecular flexibility index (Phi) is 6.21. The Bertz CT molecular complexity index is 1310. The Morgan fingerprint density at radius 3 is 2.52 bits per heavy atom. The molecule has 0 saturated carbocycles. The smallest absolute Gasteiger partial charge is 0.323 e. The van der Waals surface area contributed by atoms with Crippen LogP contribution in [0.15, 0.2) is 61.1 Å². The van der Waals surface area contributed by atoms with E-state index >= 15 is 0 Å². The van der Waals surface area contributed by atoms with Crippen molar-refractivity contribution in [2.45, 2.75) is 20.3 Å². The van der Waals surface area contributed by atoms with E-state index in [1.54, 1.807) is 22.8 Å². The lowest BCUT2D eigenvalue weighted by Crippen LogP contribution is -2.22. The van der Waals surface area contributed by atoms with Gasteiger partial charge in [-0.05, 0) is 48.7 Å². The van der Waals surface area contributed by atoms with Crippen molar-refractivity contribution in [2.24, 2.45) is 0 Å². The Morgan fingerprint density at radius 1 is 1.03 bits per heavy atom. The van der Waals surface area contributed by atoms with Gasteiger partial charge in [-0.15, -0.1) is 0 Å². The summed E-state index contributed by atoms with van der Waals surface area (Å²) in [6.45, 7) is 4.41. The van der Waals surface area contributed by atoms with Crippen molar-refractivity contribution in [3.8, 4) is 11.1 Å². The van der Waals surface area contributed by atoms with Gasteiger partial charge in [0, 0.05) is 29.7 Å². The lowest BCUT2D eigenvalue weighted by Gasteiger charge is -2.10. The van der Waals surface area contributed by atoms with Gasteiger partial charge >= 0.3 is 6.03 Å². The monoisotopic (exact) mass is 443 g/mol. The molecule has 0 saturated heterocycles. The van der Waals surface area contributed by atoms with Crippen LogP contribution in [0.25, 0.3) is 16.6 Å². The number of carbonyl (C=O) groups excluding carboxylic acids is 2. The first kappa shape index (κ1) is 21.8. The lowest BCUT2D eigenvalue weighted by atomic mass is 10.0. The van der Waals surface area contributed by atoms with Crippen LogP contribution in [0.2, 0.25) is 0 Å². The third-order valence-corrected chi connectivity index (χ3v) is 5.21. The fraction of sp³-hybridized carbons (Fsp3) is 0.167. The second-order valence-electron chi connectivity index (χ2n) is 7.43. The van der Waals surface area contributed by atoms with Gasteiger partial charge in [0.15, 0.2) is 5.82 Å². The predicted octanol–water partition coefficient (Wildman–Crippen LogP) is 3.93. The Morgan fingerprint density at radius 2 is 1.79 bits per heavy atom. The van der Waals surface area contributed by atoms with Crippen LogP contribution in [0.4, 0.5) is 22.0 Å². The number of benzene rings is 2. The Labute approximate surface area is 191 Å². The number of urea groups is 1. The number of hydrogen-bond donors (Lipinski definition) is 4. The molecule has 5 N–H and O–H groups in total. The van der Waals surface area contributed by atoms with Gasteiger partial charge in [-0.1, -0.05) is 31.2 Å². The van der Waals surface area contributed by atoms with E-state index in [9.17, 15) is 9.59 Å². The van der Waals surface area contributed by atoms with Crippen molar-refractivity contribution < 1.29 is 9.59 Å². The maximum absolute atomic E-state index is 12.7. The van der Waals surface area contributed by atoms with Crippen LogP contribution in [0.1, 0.15) is 29.8 Å². The number of rotatable bonds is 6. The van der Waals surface area contributed by atoms with E-state index in [1.165, 1.54) is 6.33 Å². The topological polar surface area (TPSA) is 126 Å². The van der Waals surface area contributed by atoms with Gasteiger partial charge in [-0.3, -0.25) is 4.79 Å². The first-order valence-electron chi connectivity index (χ1n) is 10.7. The minimum Gasteiger partial charge on any atom is -0.382 e. The molecule has 0 aliphatic carbocycles. The summed E-state index contributed by atoms with van der Waals surface area (Å²) in [4.78, 5) is 29.2. The molecule has 2 aromatic heterocycles. The number of nitrogen functional groups attached to an aromatic ring is 1. The minimum absolute atomic E-state index is 0.228. The molecule has 0 atom stereocenters. The van der Waals surface area contributed by atoms with Crippen molar-refractivity contribution in [1.82, 2.24) is 19.9 Å². The molecule has 3 amide bonds. The Hall–Kier alpha value is -4.40. The molecule has 33 heavy (non-hydrogen) atoms. The van der Waals surface area contributed by atoms with Crippen molar-refractivity contribution in [2.75, 3.05) is 22.9 Å². The molecular weight excluding hydrogens is 418 g/mol. The maximum atomic E-state index is 12.7. The lowest BCUT2D eigenvalue weighted by molar-refractivity contribution is 0.0956.